The van der Waals surface area contributed by atoms with E-state index in [0.717, 1.165) is 5.56 Å². The van der Waals surface area contributed by atoms with Crippen LogP contribution in [0.2, 0.25) is 15.1 Å². The van der Waals surface area contributed by atoms with Crippen molar-refractivity contribution in [3.05, 3.63) is 98.0 Å². The van der Waals surface area contributed by atoms with Crippen molar-refractivity contribution in [1.82, 2.24) is 4.90 Å². The van der Waals surface area contributed by atoms with Crippen LogP contribution in [0.3, 0.4) is 0 Å². The molecule has 2 amide bonds. The fourth-order valence-corrected chi connectivity index (χ4v) is 4.46. The van der Waals surface area contributed by atoms with Crippen LogP contribution in [-0.4, -0.2) is 42.9 Å². The van der Waals surface area contributed by atoms with Gasteiger partial charge in [-0.15, -0.1) is 0 Å². The van der Waals surface area contributed by atoms with Crippen molar-refractivity contribution in [1.29, 1.82) is 0 Å². The highest BCUT2D eigenvalue weighted by molar-refractivity contribution is 6.40. The summed E-state index contributed by atoms with van der Waals surface area (Å²) in [5.41, 5.74) is 2.49. The van der Waals surface area contributed by atoms with Gasteiger partial charge >= 0.3 is 5.97 Å². The zero-order chi connectivity index (χ0) is 25.7. The van der Waals surface area contributed by atoms with Gasteiger partial charge < -0.3 is 15.0 Å². The molecule has 0 bridgehead atoms. The molecule has 1 atom stereocenters. The van der Waals surface area contributed by atoms with Gasteiger partial charge in [0.2, 0.25) is 0 Å². The molecule has 182 valence electrons. The molecule has 35 heavy (non-hydrogen) atoms. The quantitative estimate of drug-likeness (QED) is 0.374. The van der Waals surface area contributed by atoms with E-state index in [2.05, 4.69) is 5.32 Å². The highest BCUT2D eigenvalue weighted by Crippen LogP contribution is 2.26. The lowest BCUT2D eigenvalue weighted by molar-refractivity contribution is -0.145. The van der Waals surface area contributed by atoms with E-state index < -0.39 is 17.9 Å². The van der Waals surface area contributed by atoms with Gasteiger partial charge in [-0.3, -0.25) is 9.59 Å². The van der Waals surface area contributed by atoms with Crippen LogP contribution < -0.4 is 5.32 Å². The second kappa shape index (κ2) is 11.6. The van der Waals surface area contributed by atoms with Gasteiger partial charge in [0.15, 0.2) is 0 Å². The Balaban J connectivity index is 1.78. The summed E-state index contributed by atoms with van der Waals surface area (Å²) in [6.45, 7) is 1.78. The Morgan fingerprint density at radius 1 is 0.886 bits per heavy atom. The molecule has 0 saturated heterocycles. The Hall–Kier alpha value is -3.06. The number of halogens is 3. The standard InChI is InChI=1S/C26H23Cl3N2O4/c1-15-6-4-7-18(27)22(15)25(33)31(2)21(26(34)35-3)14-16-10-12-17(13-11-16)30-24(32)23-19(28)8-5-9-20(23)29/h4-13,21H,14H2,1-3H3,(H,30,32)/t21-/m0/s1. The van der Waals surface area contributed by atoms with Crippen molar-refractivity contribution in [3.8, 4) is 0 Å². The largest absolute Gasteiger partial charge is 0.467 e. The average Bonchev–Trinajstić information content (AvgIpc) is 2.82. The first-order chi connectivity index (χ1) is 16.6. The molecule has 9 heteroatoms. The van der Waals surface area contributed by atoms with E-state index in [0.29, 0.717) is 21.8 Å². The monoisotopic (exact) mass is 532 g/mol. The van der Waals surface area contributed by atoms with Crippen molar-refractivity contribution in [3.63, 3.8) is 0 Å². The molecule has 0 aliphatic rings. The predicted octanol–water partition coefficient (Wildman–Crippen LogP) is 6.06. The first-order valence-electron chi connectivity index (χ1n) is 10.6. The van der Waals surface area contributed by atoms with Crippen LogP contribution in [0.25, 0.3) is 0 Å². The number of esters is 1. The second-order valence-corrected chi connectivity index (χ2v) is 9.06. The lowest BCUT2D eigenvalue weighted by Gasteiger charge is -2.27. The predicted molar refractivity (Wildman–Crippen MR) is 139 cm³/mol. The molecule has 3 rings (SSSR count). The number of hydrogen-bond donors (Lipinski definition) is 1. The zero-order valence-corrected chi connectivity index (χ0v) is 21.5. The van der Waals surface area contributed by atoms with Crippen LogP contribution in [0.4, 0.5) is 5.69 Å². The number of hydrogen-bond acceptors (Lipinski definition) is 4. The van der Waals surface area contributed by atoms with Gasteiger partial charge in [0.1, 0.15) is 6.04 Å². The third-order valence-electron chi connectivity index (χ3n) is 5.53. The minimum absolute atomic E-state index is 0.181. The van der Waals surface area contributed by atoms with E-state index >= 15 is 0 Å². The molecule has 0 fully saturated rings. The summed E-state index contributed by atoms with van der Waals surface area (Å²) in [5, 5.41) is 3.55. The molecule has 1 N–H and O–H groups in total. The number of nitrogens with zero attached hydrogens (tertiary/aromatic N) is 1. The summed E-state index contributed by atoms with van der Waals surface area (Å²) >= 11 is 18.5. The Morgan fingerprint density at radius 3 is 1.97 bits per heavy atom. The van der Waals surface area contributed by atoms with Crippen LogP contribution in [0, 0.1) is 6.92 Å². The van der Waals surface area contributed by atoms with Crippen molar-refractivity contribution >= 4 is 58.3 Å². The van der Waals surface area contributed by atoms with Crippen molar-refractivity contribution < 1.29 is 19.1 Å². The van der Waals surface area contributed by atoms with Crippen LogP contribution in [0.1, 0.15) is 31.8 Å². The number of methoxy groups -OCH3 is 1. The normalized spacial score (nSPS) is 11.5. The summed E-state index contributed by atoms with van der Waals surface area (Å²) in [6, 6.07) is 16.0. The lowest BCUT2D eigenvalue weighted by Crippen LogP contribution is -2.44. The number of rotatable bonds is 7. The molecule has 0 aromatic heterocycles. The zero-order valence-electron chi connectivity index (χ0n) is 19.3. The summed E-state index contributed by atoms with van der Waals surface area (Å²) in [7, 11) is 2.81. The first kappa shape index (κ1) is 26.5. The minimum atomic E-state index is -0.884. The number of anilines is 1. The molecule has 3 aromatic rings. The number of benzene rings is 3. The number of nitrogens with one attached hydrogen (secondary N) is 1. The van der Waals surface area contributed by atoms with Gasteiger partial charge in [0, 0.05) is 19.2 Å². The Bertz CT molecular complexity index is 1220. The maximum Gasteiger partial charge on any atom is 0.328 e. The van der Waals surface area contributed by atoms with Crippen molar-refractivity contribution in [2.24, 2.45) is 0 Å². The van der Waals surface area contributed by atoms with Gasteiger partial charge in [-0.05, 0) is 48.4 Å². The smallest absolute Gasteiger partial charge is 0.328 e. The van der Waals surface area contributed by atoms with Crippen LogP contribution in [-0.2, 0) is 16.0 Å². The number of likely N-dealkylation sites (N-methyl/N-ethyl adjacent to an activating group) is 1. The molecule has 0 radical (unpaired) electrons. The van der Waals surface area contributed by atoms with Gasteiger partial charge in [-0.25, -0.2) is 4.79 Å². The Morgan fingerprint density at radius 2 is 1.43 bits per heavy atom. The maximum atomic E-state index is 13.2. The maximum absolute atomic E-state index is 13.2. The molecule has 0 saturated carbocycles. The van der Waals surface area contributed by atoms with Gasteiger partial charge in [-0.1, -0.05) is 65.1 Å². The first-order valence-corrected chi connectivity index (χ1v) is 11.7. The van der Waals surface area contributed by atoms with Crippen LogP contribution >= 0.6 is 34.8 Å². The van der Waals surface area contributed by atoms with E-state index in [1.807, 2.05) is 0 Å². The van der Waals surface area contributed by atoms with Gasteiger partial charge in [-0.2, -0.15) is 0 Å². The van der Waals surface area contributed by atoms with E-state index in [4.69, 9.17) is 39.5 Å². The third kappa shape index (κ3) is 6.14. The molecule has 3 aromatic carbocycles. The number of aryl methyl sites for hydroxylation is 1. The van der Waals surface area contributed by atoms with E-state index in [1.54, 1.807) is 67.6 Å². The van der Waals surface area contributed by atoms with Crippen molar-refractivity contribution in [2.75, 3.05) is 19.5 Å². The van der Waals surface area contributed by atoms with Gasteiger partial charge in [0.25, 0.3) is 11.8 Å². The summed E-state index contributed by atoms with van der Waals surface area (Å²) in [6.07, 6.45) is 0.197. The molecule has 0 spiro atoms. The highest BCUT2D eigenvalue weighted by Gasteiger charge is 2.30. The molecule has 6 nitrogen and oxygen atoms in total. The summed E-state index contributed by atoms with van der Waals surface area (Å²) < 4.78 is 4.95. The SMILES string of the molecule is COC(=O)[C@H](Cc1ccc(NC(=O)c2c(Cl)cccc2Cl)cc1)N(C)C(=O)c1c(C)cccc1Cl. The van der Waals surface area contributed by atoms with Crippen LogP contribution in [0.15, 0.2) is 60.7 Å². The number of carbonyl (C=O) groups excluding carboxylic acids is 3. The van der Waals surface area contributed by atoms with Gasteiger partial charge in [0.05, 0.1) is 33.3 Å². The Kier molecular flexibility index (Phi) is 8.78. The highest BCUT2D eigenvalue weighted by atomic mass is 35.5. The molecule has 0 aliphatic carbocycles. The van der Waals surface area contributed by atoms with Crippen molar-refractivity contribution in [2.45, 2.75) is 19.4 Å². The fraction of sp³-hybridized carbons (Fsp3) is 0.192. The molecule has 0 aliphatic heterocycles. The van der Waals surface area contributed by atoms with E-state index in [9.17, 15) is 14.4 Å². The average molecular weight is 534 g/mol. The number of carbonyl (C=O) groups is 3. The van der Waals surface area contributed by atoms with E-state index in [-0.39, 0.29) is 27.9 Å². The summed E-state index contributed by atoms with van der Waals surface area (Å²) in [4.78, 5) is 39.7. The van der Waals surface area contributed by atoms with Crippen LogP contribution in [0.5, 0.6) is 0 Å². The molecule has 0 heterocycles. The minimum Gasteiger partial charge on any atom is -0.467 e. The lowest BCUT2D eigenvalue weighted by atomic mass is 10.0. The third-order valence-corrected chi connectivity index (χ3v) is 6.47. The molecule has 0 unspecified atom stereocenters. The van der Waals surface area contributed by atoms with E-state index in [1.165, 1.54) is 19.1 Å². The second-order valence-electron chi connectivity index (χ2n) is 7.84. The summed E-state index contributed by atoms with van der Waals surface area (Å²) in [5.74, 6) is -1.39. The topological polar surface area (TPSA) is 75.7 Å². The fourth-order valence-electron chi connectivity index (χ4n) is 3.59. The number of ether oxygens (including phenoxy) is 1. The molecular weight excluding hydrogens is 511 g/mol. The Labute approximate surface area is 218 Å². The molecular formula is C26H23Cl3N2O4. The number of amides is 2.